The summed E-state index contributed by atoms with van der Waals surface area (Å²) in [5.41, 5.74) is 7.96. The maximum absolute atomic E-state index is 14.0. The number of phenols is 1. The lowest BCUT2D eigenvalue weighted by molar-refractivity contribution is -0.181. The largest absolute Gasteiger partial charge is 0.507 e. The number of aliphatic hydroxyl groups is 1. The number of carboxylic acid groups (broad SMARTS) is 1. The molecule has 0 heterocycles. The van der Waals surface area contributed by atoms with Crippen molar-refractivity contribution in [2.75, 3.05) is 14.1 Å². The van der Waals surface area contributed by atoms with Crippen LogP contribution in [0.15, 0.2) is 6.07 Å². The first kappa shape index (κ1) is 28.5. The Kier molecular flexibility index (Phi) is 6.61. The van der Waals surface area contributed by atoms with Crippen LogP contribution < -0.4 is 11.5 Å². The average Bonchev–Trinajstić information content (AvgIpc) is 2.79. The zero-order valence-electron chi connectivity index (χ0n) is 22.3. The maximum Gasteiger partial charge on any atom is 0.325 e. The first-order valence-electron chi connectivity index (χ1n) is 12.6. The van der Waals surface area contributed by atoms with Crippen molar-refractivity contribution in [3.8, 4) is 5.75 Å². The highest BCUT2D eigenvalue weighted by molar-refractivity contribution is 6.32. The number of hydrogen-bond acceptors (Lipinski definition) is 10. The SMILES string of the molecule is CN(C)[C@@H]1C(=O)C(C(N)=O)C(=O)[C@@]2(O)C(=O)C3C(=O)c4c(O)c(C(C)(C)C)cc(C(N)C(=O)O)c4C[C@H]3C[C@@H]12. The Morgan fingerprint density at radius 2 is 1.72 bits per heavy atom. The molecule has 0 saturated heterocycles. The molecule has 0 aromatic heterocycles. The lowest BCUT2D eigenvalue weighted by Gasteiger charge is -2.52. The van der Waals surface area contributed by atoms with Gasteiger partial charge in [-0.3, -0.25) is 33.7 Å². The molecule has 1 aromatic rings. The molecule has 3 unspecified atom stereocenters. The molecule has 3 aliphatic rings. The molecule has 7 atom stereocenters. The predicted molar refractivity (Wildman–Crippen MR) is 135 cm³/mol. The molecule has 2 fully saturated rings. The lowest BCUT2D eigenvalue weighted by Crippen LogP contribution is -2.74. The van der Waals surface area contributed by atoms with E-state index in [1.54, 1.807) is 20.8 Å². The monoisotopic (exact) mass is 543 g/mol. The van der Waals surface area contributed by atoms with Crippen molar-refractivity contribution in [1.29, 1.82) is 0 Å². The number of fused-ring (bicyclic) bond motifs is 3. The third-order valence-electron chi connectivity index (χ3n) is 8.50. The number of hydrogen-bond donors (Lipinski definition) is 5. The molecule has 12 heteroatoms. The van der Waals surface area contributed by atoms with E-state index in [4.69, 9.17) is 11.5 Å². The second-order valence-electron chi connectivity index (χ2n) is 12.1. The second-order valence-corrected chi connectivity index (χ2v) is 12.1. The van der Waals surface area contributed by atoms with Crippen molar-refractivity contribution < 1.29 is 44.1 Å². The number of Topliss-reactive ketones (excluding diaryl/α,β-unsaturated/α-hetero) is 4. The number of carbonyl (C=O) groups excluding carboxylic acids is 5. The Bertz CT molecular complexity index is 1340. The van der Waals surface area contributed by atoms with E-state index < -0.39 is 87.5 Å². The summed E-state index contributed by atoms with van der Waals surface area (Å²) in [4.78, 5) is 79.8. The number of nitrogens with two attached hydrogens (primary N) is 2. The van der Waals surface area contributed by atoms with Crippen LogP contribution in [0.4, 0.5) is 0 Å². The van der Waals surface area contributed by atoms with Gasteiger partial charge in [0.2, 0.25) is 5.91 Å². The van der Waals surface area contributed by atoms with E-state index in [0.717, 1.165) is 0 Å². The third kappa shape index (κ3) is 3.92. The molecular formula is C27H33N3O9. The lowest BCUT2D eigenvalue weighted by atomic mass is 9.52. The van der Waals surface area contributed by atoms with Gasteiger partial charge in [-0.15, -0.1) is 0 Å². The smallest absolute Gasteiger partial charge is 0.325 e. The molecule has 3 aliphatic carbocycles. The van der Waals surface area contributed by atoms with Gasteiger partial charge in [0.25, 0.3) is 0 Å². The van der Waals surface area contributed by atoms with Crippen molar-refractivity contribution in [2.24, 2.45) is 35.1 Å². The minimum Gasteiger partial charge on any atom is -0.507 e. The standard InChI is InChI=1S/C27H33N3O9/c1-26(2,3)13-8-11(17(28)25(37)38)10-6-9-7-12-18(30(4)5)21(33)16(24(29)36)23(35)27(12,39)22(34)14(9)20(32)15(10)19(13)31/h8-9,12,14,16-18,31,39H,6-7,28H2,1-5H3,(H2,29,36)(H,37,38)/t9-,12-,14?,16?,17?,18-,27-/m0/s1. The summed E-state index contributed by atoms with van der Waals surface area (Å²) >= 11 is 0. The van der Waals surface area contributed by atoms with Crippen LogP contribution in [0, 0.1) is 23.7 Å². The highest BCUT2D eigenvalue weighted by atomic mass is 16.4. The summed E-state index contributed by atoms with van der Waals surface area (Å²) in [7, 11) is 2.98. The number of aromatic hydroxyl groups is 1. The Labute approximate surface area is 224 Å². The molecule has 12 nitrogen and oxygen atoms in total. The zero-order valence-corrected chi connectivity index (χ0v) is 22.3. The number of amides is 1. The van der Waals surface area contributed by atoms with Crippen molar-refractivity contribution in [3.63, 3.8) is 0 Å². The van der Waals surface area contributed by atoms with Crippen molar-refractivity contribution >= 4 is 35.0 Å². The molecule has 0 bridgehead atoms. The van der Waals surface area contributed by atoms with Crippen molar-refractivity contribution in [1.82, 2.24) is 4.90 Å². The van der Waals surface area contributed by atoms with Crippen LogP contribution in [0.3, 0.4) is 0 Å². The maximum atomic E-state index is 14.0. The number of carbonyl (C=O) groups is 6. The molecule has 7 N–H and O–H groups in total. The van der Waals surface area contributed by atoms with E-state index in [9.17, 15) is 44.1 Å². The van der Waals surface area contributed by atoms with E-state index in [2.05, 4.69) is 0 Å². The van der Waals surface area contributed by atoms with Crippen LogP contribution in [-0.2, 0) is 35.8 Å². The molecule has 0 radical (unpaired) electrons. The third-order valence-corrected chi connectivity index (χ3v) is 8.50. The van der Waals surface area contributed by atoms with Crippen LogP contribution in [0.1, 0.15) is 60.3 Å². The fourth-order valence-electron chi connectivity index (χ4n) is 6.68. The van der Waals surface area contributed by atoms with Gasteiger partial charge in [0.1, 0.15) is 11.8 Å². The molecule has 4 rings (SSSR count). The van der Waals surface area contributed by atoms with Gasteiger partial charge in [0.05, 0.1) is 17.5 Å². The van der Waals surface area contributed by atoms with Gasteiger partial charge in [-0.05, 0) is 55.5 Å². The van der Waals surface area contributed by atoms with E-state index >= 15 is 0 Å². The van der Waals surface area contributed by atoms with E-state index in [1.165, 1.54) is 25.1 Å². The van der Waals surface area contributed by atoms with Gasteiger partial charge < -0.3 is 26.8 Å². The molecular weight excluding hydrogens is 510 g/mol. The fourth-order valence-corrected chi connectivity index (χ4v) is 6.68. The van der Waals surface area contributed by atoms with E-state index in [-0.39, 0.29) is 35.1 Å². The van der Waals surface area contributed by atoms with Gasteiger partial charge in [-0.1, -0.05) is 20.8 Å². The number of aliphatic carboxylic acids is 1. The molecule has 2 saturated carbocycles. The first-order chi connectivity index (χ1) is 17.9. The van der Waals surface area contributed by atoms with Gasteiger partial charge in [0, 0.05) is 11.5 Å². The van der Waals surface area contributed by atoms with Gasteiger partial charge in [0.15, 0.2) is 34.7 Å². The van der Waals surface area contributed by atoms with Crippen LogP contribution in [0.2, 0.25) is 0 Å². The summed E-state index contributed by atoms with van der Waals surface area (Å²) in [5, 5.41) is 32.5. The Balaban J connectivity index is 1.95. The fraction of sp³-hybridized carbons (Fsp3) is 0.556. The summed E-state index contributed by atoms with van der Waals surface area (Å²) in [6.07, 6.45) is -0.215. The van der Waals surface area contributed by atoms with E-state index in [0.29, 0.717) is 0 Å². The molecule has 0 aliphatic heterocycles. The minimum absolute atomic E-state index is 0.0693. The average molecular weight is 544 g/mol. The Hall–Kier alpha value is -3.48. The topological polar surface area (TPSA) is 218 Å². The quantitative estimate of drug-likeness (QED) is 0.297. The Morgan fingerprint density at radius 3 is 2.21 bits per heavy atom. The number of carboxylic acids is 1. The molecule has 210 valence electrons. The number of ketones is 4. The highest BCUT2D eigenvalue weighted by Crippen LogP contribution is 2.52. The number of nitrogens with zero attached hydrogens (tertiary/aromatic N) is 1. The van der Waals surface area contributed by atoms with Crippen LogP contribution >= 0.6 is 0 Å². The normalized spacial score (nSPS) is 31.4. The summed E-state index contributed by atoms with van der Waals surface area (Å²) in [6.45, 7) is 5.22. The molecule has 39 heavy (non-hydrogen) atoms. The van der Waals surface area contributed by atoms with Crippen LogP contribution in [0.25, 0.3) is 0 Å². The van der Waals surface area contributed by atoms with Gasteiger partial charge in [-0.25, -0.2) is 0 Å². The second kappa shape index (κ2) is 9.04. The van der Waals surface area contributed by atoms with Crippen molar-refractivity contribution in [2.45, 2.75) is 56.7 Å². The number of likely N-dealkylation sites (N-methyl/N-ethyl adjacent to an activating group) is 1. The molecule has 1 aromatic carbocycles. The highest BCUT2D eigenvalue weighted by Gasteiger charge is 2.69. The summed E-state index contributed by atoms with van der Waals surface area (Å²) in [5.74, 6) is -13.1. The minimum atomic E-state index is -2.84. The molecule has 1 amide bonds. The number of benzene rings is 1. The summed E-state index contributed by atoms with van der Waals surface area (Å²) < 4.78 is 0. The zero-order chi connectivity index (χ0) is 29.5. The van der Waals surface area contributed by atoms with Crippen LogP contribution in [0.5, 0.6) is 5.75 Å². The predicted octanol–water partition coefficient (Wildman–Crippen LogP) is -0.751. The van der Waals surface area contributed by atoms with E-state index in [1.807, 2.05) is 0 Å². The first-order valence-corrected chi connectivity index (χ1v) is 12.6. The summed E-state index contributed by atoms with van der Waals surface area (Å²) in [6, 6.07) is -1.32. The number of phenolic OH excluding ortho intramolecular Hbond substituents is 1. The van der Waals surface area contributed by atoms with Gasteiger partial charge >= 0.3 is 5.97 Å². The van der Waals surface area contributed by atoms with Crippen LogP contribution in [-0.4, -0.2) is 81.0 Å². The van der Waals surface area contributed by atoms with Crippen molar-refractivity contribution in [3.05, 3.63) is 28.3 Å². The van der Waals surface area contributed by atoms with Gasteiger partial charge in [-0.2, -0.15) is 0 Å². The molecule has 0 spiro atoms. The number of rotatable bonds is 4. The Morgan fingerprint density at radius 1 is 1.13 bits per heavy atom. The number of primary amides is 1.